The van der Waals surface area contributed by atoms with E-state index in [-0.39, 0.29) is 6.61 Å². The van der Waals surface area contributed by atoms with Crippen LogP contribution in [0.3, 0.4) is 0 Å². The molecule has 0 aliphatic rings. The van der Waals surface area contributed by atoms with Crippen molar-refractivity contribution in [1.82, 2.24) is 9.46 Å². The SMILES string of the molecule is C[B]n1c(C(=O)OCc2ccccc2)nc2cc3ccccc3cc21. The molecular formula is C20H16BN2O2. The molecule has 0 saturated carbocycles. The fourth-order valence-corrected chi connectivity index (χ4v) is 2.97. The quantitative estimate of drug-likeness (QED) is 0.419. The molecule has 0 saturated heterocycles. The van der Waals surface area contributed by atoms with E-state index < -0.39 is 5.97 Å². The van der Waals surface area contributed by atoms with E-state index in [9.17, 15) is 4.79 Å². The Morgan fingerprint density at radius 1 is 1.04 bits per heavy atom. The van der Waals surface area contributed by atoms with Crippen LogP contribution >= 0.6 is 0 Å². The van der Waals surface area contributed by atoms with E-state index in [0.29, 0.717) is 5.82 Å². The second-order valence-electron chi connectivity index (χ2n) is 5.81. The molecule has 1 heterocycles. The molecular weight excluding hydrogens is 311 g/mol. The molecule has 0 unspecified atom stereocenters. The first kappa shape index (κ1) is 15.5. The Labute approximate surface area is 146 Å². The van der Waals surface area contributed by atoms with Crippen molar-refractivity contribution in [2.24, 2.45) is 0 Å². The summed E-state index contributed by atoms with van der Waals surface area (Å²) in [5.74, 6) is -0.133. The van der Waals surface area contributed by atoms with Gasteiger partial charge in [0.2, 0.25) is 5.82 Å². The van der Waals surface area contributed by atoms with Crippen molar-refractivity contribution in [3.05, 3.63) is 78.1 Å². The maximum atomic E-state index is 12.5. The predicted octanol–water partition coefficient (Wildman–Crippen LogP) is 4.06. The van der Waals surface area contributed by atoms with E-state index in [1.165, 1.54) is 0 Å². The molecule has 1 aromatic heterocycles. The molecule has 5 heteroatoms. The van der Waals surface area contributed by atoms with E-state index in [1.807, 2.05) is 74.9 Å². The molecule has 0 aliphatic heterocycles. The normalized spacial score (nSPS) is 10.9. The Hall–Kier alpha value is -3.08. The Balaban J connectivity index is 1.70. The molecule has 0 N–H and O–H groups in total. The van der Waals surface area contributed by atoms with Crippen molar-refractivity contribution in [3.63, 3.8) is 0 Å². The van der Waals surface area contributed by atoms with E-state index in [1.54, 1.807) is 4.48 Å². The van der Waals surface area contributed by atoms with Gasteiger partial charge in [0.25, 0.3) is 7.41 Å². The van der Waals surface area contributed by atoms with Gasteiger partial charge in [-0.2, -0.15) is 0 Å². The first-order valence-corrected chi connectivity index (χ1v) is 8.17. The molecule has 3 aromatic carbocycles. The number of hydrogen-bond donors (Lipinski definition) is 0. The number of esters is 1. The van der Waals surface area contributed by atoms with Gasteiger partial charge in [-0.1, -0.05) is 61.4 Å². The van der Waals surface area contributed by atoms with Crippen LogP contribution in [0, 0.1) is 0 Å². The summed E-state index contributed by atoms with van der Waals surface area (Å²) in [5.41, 5.74) is 2.63. The van der Waals surface area contributed by atoms with Crippen LogP contribution in [0.4, 0.5) is 0 Å². The Bertz CT molecular complexity index is 1060. The van der Waals surface area contributed by atoms with Gasteiger partial charge in [-0.05, 0) is 28.5 Å². The highest BCUT2D eigenvalue weighted by molar-refractivity contribution is 6.35. The van der Waals surface area contributed by atoms with Gasteiger partial charge in [0, 0.05) is 0 Å². The van der Waals surface area contributed by atoms with E-state index in [4.69, 9.17) is 4.74 Å². The summed E-state index contributed by atoms with van der Waals surface area (Å²) in [5, 5.41) is 2.21. The summed E-state index contributed by atoms with van der Waals surface area (Å²) < 4.78 is 7.23. The summed E-state index contributed by atoms with van der Waals surface area (Å²) >= 11 is 0. The average Bonchev–Trinajstić information content (AvgIpc) is 3.02. The number of hydrogen-bond acceptors (Lipinski definition) is 3. The van der Waals surface area contributed by atoms with Crippen LogP contribution in [0.1, 0.15) is 16.2 Å². The first-order chi connectivity index (χ1) is 12.3. The van der Waals surface area contributed by atoms with Gasteiger partial charge in [0.1, 0.15) is 6.61 Å². The van der Waals surface area contributed by atoms with Crippen LogP contribution in [0.2, 0.25) is 6.82 Å². The molecule has 0 bridgehead atoms. The van der Waals surface area contributed by atoms with Crippen LogP contribution in [0.25, 0.3) is 21.8 Å². The number of imidazole rings is 1. The number of benzene rings is 3. The monoisotopic (exact) mass is 327 g/mol. The molecule has 0 atom stereocenters. The molecule has 25 heavy (non-hydrogen) atoms. The largest absolute Gasteiger partial charge is 0.455 e. The summed E-state index contributed by atoms with van der Waals surface area (Å²) in [6, 6.07) is 21.8. The maximum Gasteiger partial charge on any atom is 0.373 e. The number of fused-ring (bicyclic) bond motifs is 2. The van der Waals surface area contributed by atoms with E-state index in [0.717, 1.165) is 27.4 Å². The predicted molar refractivity (Wildman–Crippen MR) is 99.8 cm³/mol. The minimum absolute atomic E-state index is 0.231. The third-order valence-electron chi connectivity index (χ3n) is 4.21. The van der Waals surface area contributed by atoms with Crippen molar-refractivity contribution in [2.75, 3.05) is 0 Å². The third-order valence-corrected chi connectivity index (χ3v) is 4.21. The number of rotatable bonds is 4. The van der Waals surface area contributed by atoms with E-state index in [2.05, 4.69) is 11.1 Å². The third kappa shape index (κ3) is 2.89. The van der Waals surface area contributed by atoms with Gasteiger partial charge < -0.3 is 9.21 Å². The number of carbonyl (C=O) groups is 1. The second kappa shape index (κ2) is 6.44. The highest BCUT2D eigenvalue weighted by Crippen LogP contribution is 2.23. The van der Waals surface area contributed by atoms with Crippen molar-refractivity contribution >= 4 is 35.2 Å². The summed E-state index contributed by atoms with van der Waals surface area (Å²) in [6.45, 7) is 2.11. The Kier molecular flexibility index (Phi) is 3.98. The van der Waals surface area contributed by atoms with Crippen molar-refractivity contribution < 1.29 is 9.53 Å². The smallest absolute Gasteiger partial charge is 0.373 e. The highest BCUT2D eigenvalue weighted by atomic mass is 16.5. The number of nitrogens with zero attached hydrogens (tertiary/aromatic N) is 2. The highest BCUT2D eigenvalue weighted by Gasteiger charge is 2.18. The van der Waals surface area contributed by atoms with Gasteiger partial charge in [-0.15, -0.1) is 0 Å². The number of ether oxygens (including phenoxy) is 1. The van der Waals surface area contributed by atoms with Crippen LogP contribution in [0.5, 0.6) is 0 Å². The molecule has 4 aromatic rings. The van der Waals surface area contributed by atoms with Gasteiger partial charge >= 0.3 is 5.97 Å². The van der Waals surface area contributed by atoms with Crippen LogP contribution in [0.15, 0.2) is 66.7 Å². The minimum atomic E-state index is -0.429. The fraction of sp³-hybridized carbons (Fsp3) is 0.100. The van der Waals surface area contributed by atoms with Crippen molar-refractivity contribution in [2.45, 2.75) is 13.4 Å². The number of aromatic nitrogens is 2. The molecule has 121 valence electrons. The van der Waals surface area contributed by atoms with Gasteiger partial charge in [0.05, 0.1) is 11.0 Å². The lowest BCUT2D eigenvalue weighted by Gasteiger charge is -2.07. The molecule has 0 aliphatic carbocycles. The molecule has 0 fully saturated rings. The van der Waals surface area contributed by atoms with Crippen molar-refractivity contribution in [3.8, 4) is 0 Å². The zero-order chi connectivity index (χ0) is 17.2. The lowest BCUT2D eigenvalue weighted by molar-refractivity contribution is 0.0458. The molecule has 4 rings (SSSR count). The second-order valence-corrected chi connectivity index (χ2v) is 5.81. The van der Waals surface area contributed by atoms with Crippen molar-refractivity contribution in [1.29, 1.82) is 0 Å². The minimum Gasteiger partial charge on any atom is -0.455 e. The first-order valence-electron chi connectivity index (χ1n) is 8.17. The fourth-order valence-electron chi connectivity index (χ4n) is 2.97. The van der Waals surface area contributed by atoms with Gasteiger partial charge in [0.15, 0.2) is 0 Å². The van der Waals surface area contributed by atoms with Gasteiger partial charge in [-0.25, -0.2) is 9.78 Å². The maximum absolute atomic E-state index is 12.5. The Morgan fingerprint density at radius 2 is 1.72 bits per heavy atom. The lowest BCUT2D eigenvalue weighted by atomic mass is 9.98. The Morgan fingerprint density at radius 3 is 2.44 bits per heavy atom. The molecule has 4 nitrogen and oxygen atoms in total. The lowest BCUT2D eigenvalue weighted by Crippen LogP contribution is -2.15. The topological polar surface area (TPSA) is 44.1 Å². The summed E-state index contributed by atoms with van der Waals surface area (Å²) in [7, 11) is 1.84. The number of carbonyl (C=O) groups excluding carboxylic acids is 1. The zero-order valence-electron chi connectivity index (χ0n) is 13.8. The standard InChI is InChI=1S/C20H16BN2O2/c1-21-23-18-12-16-10-6-5-9-15(16)11-17(18)22-19(23)20(24)25-13-14-7-3-2-4-8-14/h2-12H,13H2,1H3. The molecule has 0 spiro atoms. The van der Waals surface area contributed by atoms with Gasteiger partial charge in [-0.3, -0.25) is 0 Å². The van der Waals surface area contributed by atoms with Crippen LogP contribution < -0.4 is 0 Å². The summed E-state index contributed by atoms with van der Waals surface area (Å²) in [4.78, 5) is 17.0. The van der Waals surface area contributed by atoms with Crippen LogP contribution in [-0.4, -0.2) is 22.8 Å². The summed E-state index contributed by atoms with van der Waals surface area (Å²) in [6.07, 6.45) is 0. The van der Waals surface area contributed by atoms with Crippen LogP contribution in [-0.2, 0) is 11.3 Å². The zero-order valence-corrected chi connectivity index (χ0v) is 13.8. The molecule has 1 radical (unpaired) electrons. The average molecular weight is 327 g/mol. The van der Waals surface area contributed by atoms with E-state index >= 15 is 0 Å². The molecule has 0 amide bonds.